The highest BCUT2D eigenvalue weighted by atomic mass is 19.1. The molecule has 1 fully saturated rings. The van der Waals surface area contributed by atoms with E-state index in [0.717, 1.165) is 19.6 Å². The van der Waals surface area contributed by atoms with Crippen LogP contribution in [0.3, 0.4) is 0 Å². The SMILES string of the molecule is CCC(C)C1CNC(C)CN1Cc1ccc(F)cc1. The molecule has 0 saturated carbocycles. The predicted octanol–water partition coefficient (Wildman–Crippen LogP) is 3.03. The molecule has 0 aliphatic carbocycles. The number of hydrogen-bond donors (Lipinski definition) is 1. The first-order valence-corrected chi connectivity index (χ1v) is 7.32. The van der Waals surface area contributed by atoms with E-state index in [4.69, 9.17) is 0 Å². The van der Waals surface area contributed by atoms with Gasteiger partial charge in [-0.3, -0.25) is 4.90 Å². The van der Waals surface area contributed by atoms with Gasteiger partial charge in [-0.25, -0.2) is 4.39 Å². The third kappa shape index (κ3) is 3.77. The second-order valence-corrected chi connectivity index (χ2v) is 5.82. The summed E-state index contributed by atoms with van der Waals surface area (Å²) in [7, 11) is 0. The molecule has 3 heteroatoms. The average molecular weight is 264 g/mol. The van der Waals surface area contributed by atoms with Crippen molar-refractivity contribution < 1.29 is 4.39 Å². The van der Waals surface area contributed by atoms with Crippen LogP contribution in [0.1, 0.15) is 32.8 Å². The maximum atomic E-state index is 13.0. The van der Waals surface area contributed by atoms with Crippen LogP contribution in [0.5, 0.6) is 0 Å². The number of benzene rings is 1. The normalized spacial score (nSPS) is 26.3. The van der Waals surface area contributed by atoms with E-state index in [0.29, 0.717) is 18.0 Å². The smallest absolute Gasteiger partial charge is 0.123 e. The number of piperazine rings is 1. The first kappa shape index (κ1) is 14.5. The Balaban J connectivity index is 2.07. The molecule has 1 heterocycles. The number of halogens is 1. The van der Waals surface area contributed by atoms with Gasteiger partial charge < -0.3 is 5.32 Å². The van der Waals surface area contributed by atoms with Gasteiger partial charge in [-0.1, -0.05) is 32.4 Å². The van der Waals surface area contributed by atoms with Crippen molar-refractivity contribution >= 4 is 0 Å². The van der Waals surface area contributed by atoms with Gasteiger partial charge >= 0.3 is 0 Å². The summed E-state index contributed by atoms with van der Waals surface area (Å²) < 4.78 is 13.0. The molecule has 106 valence electrons. The molecule has 0 bridgehead atoms. The Labute approximate surface area is 116 Å². The summed E-state index contributed by atoms with van der Waals surface area (Å²) in [4.78, 5) is 2.54. The van der Waals surface area contributed by atoms with Crippen molar-refractivity contribution in [2.24, 2.45) is 5.92 Å². The Bertz CT molecular complexity index is 390. The lowest BCUT2D eigenvalue weighted by Gasteiger charge is -2.42. The van der Waals surface area contributed by atoms with Crippen LogP contribution in [0.25, 0.3) is 0 Å². The van der Waals surface area contributed by atoms with Crippen molar-refractivity contribution in [3.05, 3.63) is 35.6 Å². The molecule has 1 aromatic rings. The van der Waals surface area contributed by atoms with Crippen molar-refractivity contribution in [2.45, 2.75) is 45.8 Å². The molecule has 1 N–H and O–H groups in total. The van der Waals surface area contributed by atoms with Crippen LogP contribution in [0, 0.1) is 11.7 Å². The van der Waals surface area contributed by atoms with Crippen LogP contribution in [0.15, 0.2) is 24.3 Å². The van der Waals surface area contributed by atoms with Gasteiger partial charge in [-0.05, 0) is 30.5 Å². The quantitative estimate of drug-likeness (QED) is 0.899. The summed E-state index contributed by atoms with van der Waals surface area (Å²) in [5.41, 5.74) is 1.20. The van der Waals surface area contributed by atoms with Crippen molar-refractivity contribution in [1.82, 2.24) is 10.2 Å². The van der Waals surface area contributed by atoms with Gasteiger partial charge in [0.1, 0.15) is 5.82 Å². The van der Waals surface area contributed by atoms with Crippen molar-refractivity contribution in [2.75, 3.05) is 13.1 Å². The molecular weight excluding hydrogens is 239 g/mol. The maximum Gasteiger partial charge on any atom is 0.123 e. The van der Waals surface area contributed by atoms with E-state index in [1.807, 2.05) is 12.1 Å². The highest BCUT2D eigenvalue weighted by Gasteiger charge is 2.28. The maximum absolute atomic E-state index is 13.0. The molecule has 3 unspecified atom stereocenters. The zero-order valence-electron chi connectivity index (χ0n) is 12.2. The Morgan fingerprint density at radius 1 is 1.37 bits per heavy atom. The van der Waals surface area contributed by atoms with Crippen molar-refractivity contribution in [3.63, 3.8) is 0 Å². The standard InChI is InChI=1S/C16H25FN2/c1-4-12(2)16-9-18-13(3)10-19(16)11-14-5-7-15(17)8-6-14/h5-8,12-13,16,18H,4,9-11H2,1-3H3. The molecule has 0 radical (unpaired) electrons. The van der Waals surface area contributed by atoms with Gasteiger partial charge in [0.25, 0.3) is 0 Å². The van der Waals surface area contributed by atoms with Crippen LogP contribution in [-0.2, 0) is 6.54 Å². The van der Waals surface area contributed by atoms with E-state index >= 15 is 0 Å². The van der Waals surface area contributed by atoms with E-state index < -0.39 is 0 Å². The van der Waals surface area contributed by atoms with E-state index in [9.17, 15) is 4.39 Å². The molecule has 0 spiro atoms. The van der Waals surface area contributed by atoms with Gasteiger partial charge in [-0.2, -0.15) is 0 Å². The monoisotopic (exact) mass is 264 g/mol. The Hall–Kier alpha value is -0.930. The fourth-order valence-corrected chi connectivity index (χ4v) is 2.84. The van der Waals surface area contributed by atoms with Crippen LogP contribution in [0.2, 0.25) is 0 Å². The lowest BCUT2D eigenvalue weighted by atomic mass is 9.94. The minimum atomic E-state index is -0.157. The minimum Gasteiger partial charge on any atom is -0.311 e. The molecule has 19 heavy (non-hydrogen) atoms. The van der Waals surface area contributed by atoms with Crippen LogP contribution < -0.4 is 5.32 Å². The lowest BCUT2D eigenvalue weighted by molar-refractivity contribution is 0.0885. The number of nitrogens with zero attached hydrogens (tertiary/aromatic N) is 1. The summed E-state index contributed by atoms with van der Waals surface area (Å²) in [6, 6.07) is 8.01. The molecule has 0 aromatic heterocycles. The third-order valence-corrected chi connectivity index (χ3v) is 4.25. The van der Waals surface area contributed by atoms with Crippen LogP contribution >= 0.6 is 0 Å². The van der Waals surface area contributed by atoms with Gasteiger partial charge in [0.15, 0.2) is 0 Å². The molecule has 1 saturated heterocycles. The average Bonchev–Trinajstić information content (AvgIpc) is 2.41. The first-order valence-electron chi connectivity index (χ1n) is 7.32. The molecular formula is C16H25FN2. The van der Waals surface area contributed by atoms with E-state index in [-0.39, 0.29) is 5.82 Å². The molecule has 1 aliphatic heterocycles. The molecule has 1 aliphatic rings. The Kier molecular flexibility index (Phi) is 4.94. The summed E-state index contributed by atoms with van der Waals surface area (Å²) in [6.07, 6.45) is 1.20. The number of rotatable bonds is 4. The predicted molar refractivity (Wildman–Crippen MR) is 77.5 cm³/mol. The number of hydrogen-bond acceptors (Lipinski definition) is 2. The molecule has 3 atom stereocenters. The third-order valence-electron chi connectivity index (χ3n) is 4.25. The fourth-order valence-electron chi connectivity index (χ4n) is 2.84. The zero-order chi connectivity index (χ0) is 13.8. The largest absolute Gasteiger partial charge is 0.311 e. The van der Waals surface area contributed by atoms with E-state index in [1.165, 1.54) is 12.0 Å². The topological polar surface area (TPSA) is 15.3 Å². The number of nitrogens with one attached hydrogen (secondary N) is 1. The van der Waals surface area contributed by atoms with E-state index in [2.05, 4.69) is 31.0 Å². The van der Waals surface area contributed by atoms with Gasteiger partial charge in [0, 0.05) is 31.7 Å². The molecule has 1 aromatic carbocycles. The Morgan fingerprint density at radius 2 is 2.05 bits per heavy atom. The van der Waals surface area contributed by atoms with Gasteiger partial charge in [-0.15, -0.1) is 0 Å². The first-order chi connectivity index (χ1) is 9.10. The summed E-state index contributed by atoms with van der Waals surface area (Å²) in [5, 5.41) is 3.57. The minimum absolute atomic E-state index is 0.157. The second kappa shape index (κ2) is 6.49. The molecule has 2 nitrogen and oxygen atoms in total. The Morgan fingerprint density at radius 3 is 2.68 bits per heavy atom. The molecule has 2 rings (SSSR count). The summed E-state index contributed by atoms with van der Waals surface area (Å²) >= 11 is 0. The van der Waals surface area contributed by atoms with Crippen LogP contribution in [0.4, 0.5) is 4.39 Å². The molecule has 0 amide bonds. The van der Waals surface area contributed by atoms with Crippen LogP contribution in [-0.4, -0.2) is 30.1 Å². The second-order valence-electron chi connectivity index (χ2n) is 5.82. The summed E-state index contributed by atoms with van der Waals surface area (Å²) in [6.45, 7) is 9.83. The lowest BCUT2D eigenvalue weighted by Crippen LogP contribution is -2.57. The van der Waals surface area contributed by atoms with Gasteiger partial charge in [0.2, 0.25) is 0 Å². The van der Waals surface area contributed by atoms with Crippen molar-refractivity contribution in [1.29, 1.82) is 0 Å². The highest BCUT2D eigenvalue weighted by molar-refractivity contribution is 5.16. The van der Waals surface area contributed by atoms with E-state index in [1.54, 1.807) is 12.1 Å². The van der Waals surface area contributed by atoms with Gasteiger partial charge in [0.05, 0.1) is 0 Å². The zero-order valence-corrected chi connectivity index (χ0v) is 12.2. The highest BCUT2D eigenvalue weighted by Crippen LogP contribution is 2.20. The van der Waals surface area contributed by atoms with Crippen molar-refractivity contribution in [3.8, 4) is 0 Å². The fraction of sp³-hybridized carbons (Fsp3) is 0.625. The summed E-state index contributed by atoms with van der Waals surface area (Å²) in [5.74, 6) is 0.524.